The first-order valence-electron chi connectivity index (χ1n) is 8.00. The van der Waals surface area contributed by atoms with Gasteiger partial charge in [-0.3, -0.25) is 9.78 Å². The Morgan fingerprint density at radius 3 is 2.83 bits per heavy atom. The SMILES string of the molecule is CN(C)c1ccc(OC2CCCN(C(=O)c3cccnc3)C2)nn1. The summed E-state index contributed by atoms with van der Waals surface area (Å²) in [6, 6.07) is 7.23. The van der Waals surface area contributed by atoms with Crippen LogP contribution in [0.2, 0.25) is 0 Å². The lowest BCUT2D eigenvalue weighted by Crippen LogP contribution is -2.44. The predicted octanol–water partition coefficient (Wildman–Crippen LogP) is 1.62. The van der Waals surface area contributed by atoms with Crippen molar-refractivity contribution < 1.29 is 9.53 Å². The van der Waals surface area contributed by atoms with Crippen molar-refractivity contribution in [2.75, 3.05) is 32.1 Å². The molecule has 1 atom stereocenters. The molecular weight excluding hydrogens is 306 g/mol. The van der Waals surface area contributed by atoms with Crippen molar-refractivity contribution in [1.82, 2.24) is 20.1 Å². The van der Waals surface area contributed by atoms with Crippen LogP contribution >= 0.6 is 0 Å². The number of amides is 1. The zero-order valence-electron chi connectivity index (χ0n) is 13.9. The Morgan fingerprint density at radius 1 is 1.29 bits per heavy atom. The molecule has 0 radical (unpaired) electrons. The second kappa shape index (κ2) is 7.25. The Bertz CT molecular complexity index is 675. The number of pyridine rings is 1. The first-order valence-corrected chi connectivity index (χ1v) is 8.00. The van der Waals surface area contributed by atoms with Crippen LogP contribution < -0.4 is 9.64 Å². The zero-order valence-corrected chi connectivity index (χ0v) is 13.9. The van der Waals surface area contributed by atoms with E-state index in [2.05, 4.69) is 15.2 Å². The molecule has 24 heavy (non-hydrogen) atoms. The highest BCUT2D eigenvalue weighted by atomic mass is 16.5. The van der Waals surface area contributed by atoms with E-state index < -0.39 is 0 Å². The van der Waals surface area contributed by atoms with Crippen molar-refractivity contribution in [2.45, 2.75) is 18.9 Å². The van der Waals surface area contributed by atoms with E-state index in [4.69, 9.17) is 4.74 Å². The normalized spacial score (nSPS) is 17.4. The third kappa shape index (κ3) is 3.79. The molecule has 1 fully saturated rings. The predicted molar refractivity (Wildman–Crippen MR) is 90.1 cm³/mol. The third-order valence-corrected chi connectivity index (χ3v) is 3.95. The summed E-state index contributed by atoms with van der Waals surface area (Å²) in [5, 5.41) is 8.20. The molecule has 126 valence electrons. The number of aromatic nitrogens is 3. The van der Waals surface area contributed by atoms with Crippen LogP contribution in [0.25, 0.3) is 0 Å². The fourth-order valence-electron chi connectivity index (χ4n) is 2.68. The minimum Gasteiger partial charge on any atom is -0.471 e. The lowest BCUT2D eigenvalue weighted by molar-refractivity contribution is 0.0525. The number of rotatable bonds is 4. The molecule has 3 heterocycles. The van der Waals surface area contributed by atoms with E-state index in [1.807, 2.05) is 36.0 Å². The van der Waals surface area contributed by atoms with Crippen LogP contribution in [-0.4, -0.2) is 59.3 Å². The van der Waals surface area contributed by atoms with Crippen LogP contribution in [0, 0.1) is 0 Å². The van der Waals surface area contributed by atoms with Gasteiger partial charge in [-0.15, -0.1) is 10.2 Å². The molecule has 1 aliphatic heterocycles. The Kier molecular flexibility index (Phi) is 4.88. The second-order valence-electron chi connectivity index (χ2n) is 6.00. The van der Waals surface area contributed by atoms with Gasteiger partial charge in [0.05, 0.1) is 12.1 Å². The molecule has 2 aromatic heterocycles. The van der Waals surface area contributed by atoms with E-state index in [0.717, 1.165) is 25.2 Å². The number of nitrogens with zero attached hydrogens (tertiary/aromatic N) is 5. The summed E-state index contributed by atoms with van der Waals surface area (Å²) in [5.74, 6) is 1.26. The molecule has 0 saturated carbocycles. The maximum atomic E-state index is 12.5. The fraction of sp³-hybridized carbons (Fsp3) is 0.412. The lowest BCUT2D eigenvalue weighted by atomic mass is 10.1. The number of hydrogen-bond donors (Lipinski definition) is 0. The molecule has 0 aliphatic carbocycles. The standard InChI is InChI=1S/C17H21N5O2/c1-21(2)15-7-8-16(20-19-15)24-14-6-4-10-22(12-14)17(23)13-5-3-9-18-11-13/h3,5,7-9,11,14H,4,6,10,12H2,1-2H3. The Labute approximate surface area is 141 Å². The Morgan fingerprint density at radius 2 is 2.17 bits per heavy atom. The fourth-order valence-corrected chi connectivity index (χ4v) is 2.68. The average Bonchev–Trinajstić information content (AvgIpc) is 2.62. The summed E-state index contributed by atoms with van der Waals surface area (Å²) in [6.45, 7) is 1.28. The smallest absolute Gasteiger partial charge is 0.255 e. The molecule has 7 nitrogen and oxygen atoms in total. The van der Waals surface area contributed by atoms with Gasteiger partial charge in [0.1, 0.15) is 6.10 Å². The van der Waals surface area contributed by atoms with Gasteiger partial charge >= 0.3 is 0 Å². The van der Waals surface area contributed by atoms with Crippen molar-refractivity contribution in [3.05, 3.63) is 42.2 Å². The van der Waals surface area contributed by atoms with Crippen LogP contribution in [-0.2, 0) is 0 Å². The number of carbonyl (C=O) groups is 1. The number of carbonyl (C=O) groups excluding carboxylic acids is 1. The van der Waals surface area contributed by atoms with Gasteiger partial charge in [-0.25, -0.2) is 0 Å². The molecule has 1 saturated heterocycles. The van der Waals surface area contributed by atoms with Gasteiger partial charge < -0.3 is 14.5 Å². The quantitative estimate of drug-likeness (QED) is 0.850. The summed E-state index contributed by atoms with van der Waals surface area (Å²) >= 11 is 0. The topological polar surface area (TPSA) is 71.5 Å². The number of likely N-dealkylation sites (tertiary alicyclic amines) is 1. The molecule has 7 heteroatoms. The summed E-state index contributed by atoms with van der Waals surface area (Å²) < 4.78 is 5.90. The van der Waals surface area contributed by atoms with Crippen LogP contribution in [0.5, 0.6) is 5.88 Å². The zero-order chi connectivity index (χ0) is 16.9. The number of piperidine rings is 1. The van der Waals surface area contributed by atoms with Crippen molar-refractivity contribution in [3.63, 3.8) is 0 Å². The summed E-state index contributed by atoms with van der Waals surface area (Å²) in [6.07, 6.45) is 4.99. The van der Waals surface area contributed by atoms with Crippen LogP contribution in [0.15, 0.2) is 36.7 Å². The van der Waals surface area contributed by atoms with Crippen molar-refractivity contribution in [1.29, 1.82) is 0 Å². The monoisotopic (exact) mass is 327 g/mol. The largest absolute Gasteiger partial charge is 0.471 e. The average molecular weight is 327 g/mol. The summed E-state index contributed by atoms with van der Waals surface area (Å²) in [7, 11) is 3.82. The van der Waals surface area contributed by atoms with Crippen LogP contribution in [0.1, 0.15) is 23.2 Å². The summed E-state index contributed by atoms with van der Waals surface area (Å²) in [5.41, 5.74) is 0.605. The van der Waals surface area contributed by atoms with E-state index in [9.17, 15) is 4.79 Å². The molecule has 0 bridgehead atoms. The third-order valence-electron chi connectivity index (χ3n) is 3.95. The van der Waals surface area contributed by atoms with E-state index in [1.54, 1.807) is 24.5 Å². The maximum absolute atomic E-state index is 12.5. The number of hydrogen-bond acceptors (Lipinski definition) is 6. The molecule has 1 aliphatic rings. The molecule has 1 amide bonds. The summed E-state index contributed by atoms with van der Waals surface area (Å²) in [4.78, 5) is 20.2. The number of ether oxygens (including phenoxy) is 1. The molecule has 2 aromatic rings. The van der Waals surface area contributed by atoms with Gasteiger partial charge in [-0.1, -0.05) is 0 Å². The number of anilines is 1. The minimum absolute atomic E-state index is 0.00885. The minimum atomic E-state index is -0.0705. The van der Waals surface area contributed by atoms with E-state index >= 15 is 0 Å². The van der Waals surface area contributed by atoms with Gasteiger partial charge in [-0.05, 0) is 31.0 Å². The van der Waals surface area contributed by atoms with Crippen molar-refractivity contribution in [3.8, 4) is 5.88 Å². The highest BCUT2D eigenvalue weighted by molar-refractivity contribution is 5.93. The second-order valence-corrected chi connectivity index (χ2v) is 6.00. The lowest BCUT2D eigenvalue weighted by Gasteiger charge is -2.32. The Hall–Kier alpha value is -2.70. The van der Waals surface area contributed by atoms with E-state index in [1.165, 1.54) is 0 Å². The van der Waals surface area contributed by atoms with E-state index in [0.29, 0.717) is 18.0 Å². The molecule has 1 unspecified atom stereocenters. The van der Waals surface area contributed by atoms with Gasteiger partial charge in [0.15, 0.2) is 5.82 Å². The highest BCUT2D eigenvalue weighted by Gasteiger charge is 2.26. The van der Waals surface area contributed by atoms with Crippen LogP contribution in [0.4, 0.5) is 5.82 Å². The van der Waals surface area contributed by atoms with Crippen molar-refractivity contribution >= 4 is 11.7 Å². The van der Waals surface area contributed by atoms with Gasteiger partial charge in [-0.2, -0.15) is 0 Å². The van der Waals surface area contributed by atoms with E-state index in [-0.39, 0.29) is 12.0 Å². The molecule has 3 rings (SSSR count). The maximum Gasteiger partial charge on any atom is 0.255 e. The van der Waals surface area contributed by atoms with Crippen LogP contribution in [0.3, 0.4) is 0 Å². The van der Waals surface area contributed by atoms with Crippen molar-refractivity contribution in [2.24, 2.45) is 0 Å². The first-order chi connectivity index (χ1) is 11.6. The first kappa shape index (κ1) is 16.2. The van der Waals surface area contributed by atoms with Gasteiger partial charge in [0.2, 0.25) is 5.88 Å². The highest BCUT2D eigenvalue weighted by Crippen LogP contribution is 2.19. The Balaban J connectivity index is 1.62. The molecular formula is C17H21N5O2. The molecule has 0 spiro atoms. The molecule has 0 aromatic carbocycles. The van der Waals surface area contributed by atoms with Gasteiger partial charge in [0, 0.05) is 39.1 Å². The van der Waals surface area contributed by atoms with Gasteiger partial charge in [0.25, 0.3) is 5.91 Å². The molecule has 0 N–H and O–H groups in total.